The van der Waals surface area contributed by atoms with Crippen LogP contribution in [0.5, 0.6) is 0 Å². The molecule has 1 aliphatic heterocycles. The van der Waals surface area contributed by atoms with E-state index < -0.39 is 0 Å². The van der Waals surface area contributed by atoms with Crippen LogP contribution in [0.4, 0.5) is 5.69 Å². The van der Waals surface area contributed by atoms with E-state index in [1.165, 1.54) is 0 Å². The highest BCUT2D eigenvalue weighted by Gasteiger charge is 2.17. The topological polar surface area (TPSA) is 56.3 Å². The van der Waals surface area contributed by atoms with Crippen LogP contribution in [0, 0.1) is 0 Å². The zero-order valence-electron chi connectivity index (χ0n) is 14.0. The standard InChI is InChI=1S/C19H21ClN4O/c20-16-6-5-14(21)13-15(16)19-22-17-3-1-2-4-18(17)24(19)8-7-23-9-11-25-12-10-23/h1-6,13H,7-12,21H2. The molecular weight excluding hydrogens is 336 g/mol. The summed E-state index contributed by atoms with van der Waals surface area (Å²) in [7, 11) is 0. The van der Waals surface area contributed by atoms with Gasteiger partial charge in [0.2, 0.25) is 0 Å². The summed E-state index contributed by atoms with van der Waals surface area (Å²) in [4.78, 5) is 7.25. The zero-order valence-corrected chi connectivity index (χ0v) is 14.7. The Balaban J connectivity index is 1.74. The molecule has 0 atom stereocenters. The minimum absolute atomic E-state index is 0.664. The molecule has 0 amide bonds. The maximum Gasteiger partial charge on any atom is 0.142 e. The van der Waals surface area contributed by atoms with Crippen molar-refractivity contribution in [1.29, 1.82) is 0 Å². The molecule has 0 bridgehead atoms. The third kappa shape index (κ3) is 3.35. The molecule has 1 fully saturated rings. The van der Waals surface area contributed by atoms with Crippen LogP contribution in [-0.4, -0.2) is 47.3 Å². The van der Waals surface area contributed by atoms with E-state index >= 15 is 0 Å². The second kappa shape index (κ2) is 7.04. The fourth-order valence-corrected chi connectivity index (χ4v) is 3.49. The van der Waals surface area contributed by atoms with Crippen LogP contribution in [0.25, 0.3) is 22.4 Å². The first-order valence-corrected chi connectivity index (χ1v) is 8.91. The van der Waals surface area contributed by atoms with Gasteiger partial charge in [-0.2, -0.15) is 0 Å². The molecule has 25 heavy (non-hydrogen) atoms. The summed E-state index contributed by atoms with van der Waals surface area (Å²) in [6.07, 6.45) is 0. The molecule has 3 aromatic rings. The first-order chi connectivity index (χ1) is 12.2. The third-order valence-electron chi connectivity index (χ3n) is 4.63. The molecule has 2 aromatic carbocycles. The molecule has 1 saturated heterocycles. The monoisotopic (exact) mass is 356 g/mol. The van der Waals surface area contributed by atoms with Gasteiger partial charge in [-0.3, -0.25) is 4.90 Å². The van der Waals surface area contributed by atoms with Crippen LogP contribution in [0.2, 0.25) is 5.02 Å². The SMILES string of the molecule is Nc1ccc(Cl)c(-c2nc3ccccc3n2CCN2CCOCC2)c1. The van der Waals surface area contributed by atoms with Crippen LogP contribution in [0.1, 0.15) is 0 Å². The van der Waals surface area contributed by atoms with Crippen molar-refractivity contribution in [1.82, 2.24) is 14.5 Å². The van der Waals surface area contributed by atoms with Crippen molar-refractivity contribution in [3.05, 3.63) is 47.5 Å². The molecule has 2 heterocycles. The maximum atomic E-state index is 6.44. The van der Waals surface area contributed by atoms with Crippen molar-refractivity contribution >= 4 is 28.3 Å². The van der Waals surface area contributed by atoms with E-state index in [4.69, 9.17) is 27.1 Å². The van der Waals surface area contributed by atoms with Crippen molar-refractivity contribution in [2.45, 2.75) is 6.54 Å². The zero-order chi connectivity index (χ0) is 17.2. The van der Waals surface area contributed by atoms with Gasteiger partial charge in [0.1, 0.15) is 5.82 Å². The van der Waals surface area contributed by atoms with Crippen LogP contribution >= 0.6 is 11.6 Å². The molecule has 0 unspecified atom stereocenters. The number of fused-ring (bicyclic) bond motifs is 1. The number of hydrogen-bond acceptors (Lipinski definition) is 4. The fraction of sp³-hybridized carbons (Fsp3) is 0.316. The molecule has 6 heteroatoms. The molecule has 0 radical (unpaired) electrons. The lowest BCUT2D eigenvalue weighted by molar-refractivity contribution is 0.0366. The van der Waals surface area contributed by atoms with Gasteiger partial charge in [-0.25, -0.2) is 4.98 Å². The van der Waals surface area contributed by atoms with Gasteiger partial charge in [0.15, 0.2) is 0 Å². The number of rotatable bonds is 4. The first kappa shape index (κ1) is 16.4. The average molecular weight is 357 g/mol. The molecule has 0 saturated carbocycles. The molecule has 0 aliphatic carbocycles. The molecule has 1 aromatic heterocycles. The Morgan fingerprint density at radius 3 is 2.72 bits per heavy atom. The Labute approximate surface area is 152 Å². The normalized spacial score (nSPS) is 15.7. The van der Waals surface area contributed by atoms with Gasteiger partial charge in [0, 0.05) is 37.4 Å². The number of benzene rings is 2. The van der Waals surface area contributed by atoms with Crippen molar-refractivity contribution < 1.29 is 4.74 Å². The Kier molecular flexibility index (Phi) is 4.61. The summed E-state index contributed by atoms with van der Waals surface area (Å²) in [6, 6.07) is 13.7. The van der Waals surface area contributed by atoms with E-state index in [0.717, 1.165) is 61.8 Å². The minimum atomic E-state index is 0.664. The summed E-state index contributed by atoms with van der Waals surface area (Å²) < 4.78 is 7.68. The number of nitrogen functional groups attached to an aromatic ring is 1. The van der Waals surface area contributed by atoms with E-state index in [-0.39, 0.29) is 0 Å². The predicted octanol–water partition coefficient (Wildman–Crippen LogP) is 3.27. The van der Waals surface area contributed by atoms with Crippen LogP contribution < -0.4 is 5.73 Å². The van der Waals surface area contributed by atoms with Crippen LogP contribution in [0.3, 0.4) is 0 Å². The molecule has 1 aliphatic rings. The van der Waals surface area contributed by atoms with Crippen LogP contribution in [-0.2, 0) is 11.3 Å². The predicted molar refractivity (Wildman–Crippen MR) is 102 cm³/mol. The van der Waals surface area contributed by atoms with E-state index in [1.807, 2.05) is 36.4 Å². The molecule has 4 rings (SSSR count). The van der Waals surface area contributed by atoms with Crippen molar-refractivity contribution in [3.63, 3.8) is 0 Å². The van der Waals surface area contributed by atoms with Gasteiger partial charge in [-0.15, -0.1) is 0 Å². The Morgan fingerprint density at radius 2 is 1.88 bits per heavy atom. The summed E-state index contributed by atoms with van der Waals surface area (Å²) in [5.41, 5.74) is 9.63. The van der Waals surface area contributed by atoms with Gasteiger partial charge >= 0.3 is 0 Å². The largest absolute Gasteiger partial charge is 0.399 e. The van der Waals surface area contributed by atoms with Gasteiger partial charge in [0.25, 0.3) is 0 Å². The van der Waals surface area contributed by atoms with E-state index in [0.29, 0.717) is 10.7 Å². The Hall–Kier alpha value is -2.08. The number of aromatic nitrogens is 2. The van der Waals surface area contributed by atoms with Gasteiger partial charge < -0.3 is 15.0 Å². The highest BCUT2D eigenvalue weighted by Crippen LogP contribution is 2.31. The number of halogens is 1. The fourth-order valence-electron chi connectivity index (χ4n) is 3.29. The van der Waals surface area contributed by atoms with Gasteiger partial charge in [0.05, 0.1) is 29.3 Å². The number of ether oxygens (including phenoxy) is 1. The van der Waals surface area contributed by atoms with Crippen molar-refractivity contribution in [2.24, 2.45) is 0 Å². The van der Waals surface area contributed by atoms with E-state index in [1.54, 1.807) is 0 Å². The van der Waals surface area contributed by atoms with Crippen LogP contribution in [0.15, 0.2) is 42.5 Å². The lowest BCUT2D eigenvalue weighted by Crippen LogP contribution is -2.38. The molecule has 2 N–H and O–H groups in total. The second-order valence-corrected chi connectivity index (χ2v) is 6.68. The van der Waals surface area contributed by atoms with Gasteiger partial charge in [-0.05, 0) is 30.3 Å². The first-order valence-electron chi connectivity index (χ1n) is 8.53. The number of nitrogens with two attached hydrogens (primary N) is 1. The van der Waals surface area contributed by atoms with Gasteiger partial charge in [-0.1, -0.05) is 23.7 Å². The summed E-state index contributed by atoms with van der Waals surface area (Å²) >= 11 is 6.44. The lowest BCUT2D eigenvalue weighted by Gasteiger charge is -2.27. The number of para-hydroxylation sites is 2. The molecule has 130 valence electrons. The number of nitrogens with zero attached hydrogens (tertiary/aromatic N) is 3. The quantitative estimate of drug-likeness (QED) is 0.729. The molecule has 5 nitrogen and oxygen atoms in total. The summed E-state index contributed by atoms with van der Waals surface area (Å²) in [5, 5.41) is 0.664. The highest BCUT2D eigenvalue weighted by molar-refractivity contribution is 6.33. The van der Waals surface area contributed by atoms with E-state index in [9.17, 15) is 0 Å². The minimum Gasteiger partial charge on any atom is -0.399 e. The number of morpholine rings is 1. The Morgan fingerprint density at radius 1 is 1.08 bits per heavy atom. The lowest BCUT2D eigenvalue weighted by atomic mass is 10.2. The summed E-state index contributed by atoms with van der Waals surface area (Å²) in [6.45, 7) is 5.36. The number of imidazole rings is 1. The molecular formula is C19H21ClN4O. The highest BCUT2D eigenvalue weighted by atomic mass is 35.5. The third-order valence-corrected chi connectivity index (χ3v) is 4.96. The number of hydrogen-bond donors (Lipinski definition) is 1. The smallest absolute Gasteiger partial charge is 0.142 e. The van der Waals surface area contributed by atoms with E-state index in [2.05, 4.69) is 15.5 Å². The second-order valence-electron chi connectivity index (χ2n) is 6.27. The average Bonchev–Trinajstić information content (AvgIpc) is 3.01. The van der Waals surface area contributed by atoms with Crippen molar-refractivity contribution in [3.8, 4) is 11.4 Å². The number of anilines is 1. The van der Waals surface area contributed by atoms with Crippen molar-refractivity contribution in [2.75, 3.05) is 38.6 Å². The Bertz CT molecular complexity index is 886. The molecule has 0 spiro atoms. The maximum absolute atomic E-state index is 6.44. The summed E-state index contributed by atoms with van der Waals surface area (Å²) in [5.74, 6) is 0.867.